The molecule has 0 unspecified atom stereocenters. The van der Waals surface area contributed by atoms with E-state index in [-0.39, 0.29) is 5.97 Å². The van der Waals surface area contributed by atoms with Gasteiger partial charge in [0.1, 0.15) is 0 Å². The fraction of sp³-hybridized carbons (Fsp3) is 0.125. The molecule has 27 heavy (non-hydrogen) atoms. The number of nitrogens with zero attached hydrogens (tertiary/aromatic N) is 1. The van der Waals surface area contributed by atoms with Crippen molar-refractivity contribution in [1.82, 2.24) is 0 Å². The van der Waals surface area contributed by atoms with Crippen LogP contribution in [0.1, 0.15) is 16.7 Å². The molecule has 0 amide bonds. The number of rotatable bonds is 6. The minimum atomic E-state index is -0.639. The lowest BCUT2D eigenvalue weighted by molar-refractivity contribution is -0.142. The van der Waals surface area contributed by atoms with Gasteiger partial charge >= 0.3 is 5.97 Å². The van der Waals surface area contributed by atoms with Crippen LogP contribution in [0.4, 0.5) is 0 Å². The monoisotopic (exact) mass is 355 g/mol. The van der Waals surface area contributed by atoms with E-state index in [9.17, 15) is 4.79 Å². The predicted molar refractivity (Wildman–Crippen MR) is 109 cm³/mol. The second-order valence-electron chi connectivity index (χ2n) is 6.08. The molecular formula is C24H21NO2. The number of hydrogen-bond acceptors (Lipinski definition) is 3. The lowest BCUT2D eigenvalue weighted by Gasteiger charge is -2.10. The molecule has 0 heterocycles. The number of esters is 1. The number of carbonyl (C=O) groups excluding carboxylic acids is 1. The van der Waals surface area contributed by atoms with E-state index < -0.39 is 6.04 Å². The van der Waals surface area contributed by atoms with Crippen LogP contribution in [0.25, 0.3) is 5.57 Å². The Hall–Kier alpha value is -3.42. The van der Waals surface area contributed by atoms with Gasteiger partial charge in [-0.05, 0) is 22.6 Å². The SMILES string of the molecule is COC(=O)[C@H](Cc1ccccc1)N=C=C(c1ccccc1)c1ccccc1. The van der Waals surface area contributed by atoms with Crippen molar-refractivity contribution in [2.75, 3.05) is 7.11 Å². The smallest absolute Gasteiger partial charge is 0.331 e. The Bertz CT molecular complexity index is 886. The summed E-state index contributed by atoms with van der Waals surface area (Å²) in [5.41, 5.74) is 3.86. The van der Waals surface area contributed by atoms with Crippen LogP contribution >= 0.6 is 0 Å². The van der Waals surface area contributed by atoms with Crippen LogP contribution in [0.5, 0.6) is 0 Å². The first-order valence-corrected chi connectivity index (χ1v) is 8.83. The summed E-state index contributed by atoms with van der Waals surface area (Å²) >= 11 is 0. The molecule has 1 atom stereocenters. The zero-order valence-electron chi connectivity index (χ0n) is 15.2. The highest BCUT2D eigenvalue weighted by Gasteiger charge is 2.18. The summed E-state index contributed by atoms with van der Waals surface area (Å²) in [6.45, 7) is 0. The van der Waals surface area contributed by atoms with E-state index >= 15 is 0 Å². The van der Waals surface area contributed by atoms with Crippen LogP contribution in [-0.4, -0.2) is 25.0 Å². The molecule has 0 aliphatic rings. The molecule has 0 saturated carbocycles. The second kappa shape index (κ2) is 9.33. The van der Waals surface area contributed by atoms with Crippen LogP contribution in [0, 0.1) is 0 Å². The highest BCUT2D eigenvalue weighted by atomic mass is 16.5. The van der Waals surface area contributed by atoms with E-state index in [0.29, 0.717) is 6.42 Å². The van der Waals surface area contributed by atoms with Gasteiger partial charge in [-0.15, -0.1) is 0 Å². The average Bonchev–Trinajstić information content (AvgIpc) is 2.75. The Balaban J connectivity index is 2.02. The number of hydrogen-bond donors (Lipinski definition) is 0. The summed E-state index contributed by atoms with van der Waals surface area (Å²) in [7, 11) is 1.38. The molecule has 0 aliphatic carbocycles. The maximum atomic E-state index is 12.2. The van der Waals surface area contributed by atoms with Gasteiger partial charge in [-0.2, -0.15) is 0 Å². The summed E-state index contributed by atoms with van der Waals surface area (Å²) in [6, 6.07) is 29.0. The largest absolute Gasteiger partial charge is 0.467 e. The molecule has 3 aromatic rings. The number of methoxy groups -OCH3 is 1. The first kappa shape index (κ1) is 18.4. The van der Waals surface area contributed by atoms with E-state index in [1.165, 1.54) is 7.11 Å². The number of benzene rings is 3. The number of carbonyl (C=O) groups is 1. The molecule has 3 aromatic carbocycles. The van der Waals surface area contributed by atoms with Crippen LogP contribution in [0.15, 0.2) is 96.0 Å². The third kappa shape index (κ3) is 5.04. The third-order valence-electron chi connectivity index (χ3n) is 4.20. The topological polar surface area (TPSA) is 38.7 Å². The molecule has 3 heteroatoms. The van der Waals surface area contributed by atoms with E-state index in [4.69, 9.17) is 4.74 Å². The van der Waals surface area contributed by atoms with Gasteiger partial charge in [-0.25, -0.2) is 9.79 Å². The van der Waals surface area contributed by atoms with Crippen molar-refractivity contribution in [3.63, 3.8) is 0 Å². The van der Waals surface area contributed by atoms with Gasteiger partial charge in [0.2, 0.25) is 0 Å². The molecule has 0 N–H and O–H groups in total. The van der Waals surface area contributed by atoms with Crippen molar-refractivity contribution in [2.24, 2.45) is 4.99 Å². The minimum absolute atomic E-state index is 0.369. The highest BCUT2D eigenvalue weighted by molar-refractivity contribution is 5.99. The maximum Gasteiger partial charge on any atom is 0.331 e. The fourth-order valence-corrected chi connectivity index (χ4v) is 2.80. The van der Waals surface area contributed by atoms with Crippen molar-refractivity contribution in [1.29, 1.82) is 0 Å². The normalized spacial score (nSPS) is 11.1. The van der Waals surface area contributed by atoms with Crippen molar-refractivity contribution in [3.8, 4) is 0 Å². The van der Waals surface area contributed by atoms with E-state index in [1.807, 2.05) is 91.0 Å². The van der Waals surface area contributed by atoms with E-state index in [0.717, 1.165) is 22.3 Å². The molecule has 0 fully saturated rings. The quantitative estimate of drug-likeness (QED) is 0.480. The summed E-state index contributed by atoms with van der Waals surface area (Å²) in [5.74, 6) is 2.76. The van der Waals surface area contributed by atoms with Crippen molar-refractivity contribution < 1.29 is 9.53 Å². The lowest BCUT2D eigenvalue weighted by Crippen LogP contribution is -2.22. The number of aliphatic imine (C=N–C) groups is 1. The first-order chi connectivity index (χ1) is 13.3. The molecule has 0 saturated heterocycles. The van der Waals surface area contributed by atoms with Gasteiger partial charge in [-0.1, -0.05) is 91.0 Å². The predicted octanol–water partition coefficient (Wildman–Crippen LogP) is 4.57. The second-order valence-corrected chi connectivity index (χ2v) is 6.08. The molecule has 0 aliphatic heterocycles. The van der Waals surface area contributed by atoms with Crippen molar-refractivity contribution in [3.05, 3.63) is 108 Å². The molecule has 0 spiro atoms. The molecule has 0 bridgehead atoms. The molecular weight excluding hydrogens is 334 g/mol. The zero-order valence-corrected chi connectivity index (χ0v) is 15.2. The van der Waals surface area contributed by atoms with Crippen molar-refractivity contribution >= 4 is 17.4 Å². The Kier molecular flexibility index (Phi) is 6.35. The van der Waals surface area contributed by atoms with E-state index in [2.05, 4.69) is 10.9 Å². The first-order valence-electron chi connectivity index (χ1n) is 8.83. The van der Waals surface area contributed by atoms with Crippen LogP contribution in [-0.2, 0) is 16.0 Å². The van der Waals surface area contributed by atoms with Gasteiger partial charge in [0.25, 0.3) is 0 Å². The minimum Gasteiger partial charge on any atom is -0.467 e. The van der Waals surface area contributed by atoms with Gasteiger partial charge in [0.05, 0.1) is 12.7 Å². The molecule has 3 rings (SSSR count). The molecule has 3 nitrogen and oxygen atoms in total. The summed E-state index contributed by atoms with van der Waals surface area (Å²) in [5, 5.41) is 0. The van der Waals surface area contributed by atoms with Crippen LogP contribution in [0.2, 0.25) is 0 Å². The maximum absolute atomic E-state index is 12.2. The Morgan fingerprint density at radius 1 is 0.852 bits per heavy atom. The molecule has 134 valence electrons. The van der Waals surface area contributed by atoms with E-state index in [1.54, 1.807) is 0 Å². The number of ether oxygens (including phenoxy) is 1. The Morgan fingerprint density at radius 2 is 1.33 bits per heavy atom. The summed E-state index contributed by atoms with van der Waals surface area (Å²) in [4.78, 5) is 16.7. The van der Waals surface area contributed by atoms with Gasteiger partial charge < -0.3 is 4.74 Å². The standard InChI is InChI=1S/C24H21NO2/c1-27-24(26)23(17-19-11-5-2-6-12-19)25-18-22(20-13-7-3-8-14-20)21-15-9-4-10-16-21/h2-16,23H,17H2,1H3/t23-/m0/s1. The summed E-state index contributed by atoms with van der Waals surface area (Å²) in [6.07, 6.45) is 0.470. The highest BCUT2D eigenvalue weighted by Crippen LogP contribution is 2.20. The Labute approximate surface area is 159 Å². The van der Waals surface area contributed by atoms with Crippen molar-refractivity contribution in [2.45, 2.75) is 12.5 Å². The van der Waals surface area contributed by atoms with Crippen LogP contribution in [0.3, 0.4) is 0 Å². The lowest BCUT2D eigenvalue weighted by atomic mass is 9.99. The Morgan fingerprint density at radius 3 is 1.81 bits per heavy atom. The average molecular weight is 355 g/mol. The van der Waals surface area contributed by atoms with Gasteiger partial charge in [0, 0.05) is 6.42 Å². The van der Waals surface area contributed by atoms with Gasteiger partial charge in [-0.3, -0.25) is 0 Å². The van der Waals surface area contributed by atoms with Crippen LogP contribution < -0.4 is 0 Å². The fourth-order valence-electron chi connectivity index (χ4n) is 2.80. The molecule has 0 radical (unpaired) electrons. The third-order valence-corrected chi connectivity index (χ3v) is 4.20. The zero-order chi connectivity index (χ0) is 18.9. The summed E-state index contributed by atoms with van der Waals surface area (Å²) < 4.78 is 4.95. The molecule has 0 aromatic heterocycles. The van der Waals surface area contributed by atoms with Gasteiger partial charge in [0.15, 0.2) is 6.04 Å².